The Hall–Kier alpha value is -0.640. The van der Waals surface area contributed by atoms with Crippen molar-refractivity contribution in [3.05, 3.63) is 55.7 Å². The van der Waals surface area contributed by atoms with Gasteiger partial charge in [-0.25, -0.2) is 0 Å². The first-order valence-corrected chi connectivity index (χ1v) is 6.75. The molecular weight excluding hydrogens is 284 g/mol. The van der Waals surface area contributed by atoms with Crippen molar-refractivity contribution in [3.8, 4) is 0 Å². The molecule has 1 heterocycles. The van der Waals surface area contributed by atoms with Gasteiger partial charge in [0.2, 0.25) is 0 Å². The van der Waals surface area contributed by atoms with Gasteiger partial charge in [0.15, 0.2) is 0 Å². The summed E-state index contributed by atoms with van der Waals surface area (Å²) in [4.78, 5) is 0.987. The van der Waals surface area contributed by atoms with E-state index < -0.39 is 6.10 Å². The fourth-order valence-electron chi connectivity index (χ4n) is 1.75. The lowest BCUT2D eigenvalue weighted by Crippen LogP contribution is -1.99. The van der Waals surface area contributed by atoms with Crippen LogP contribution in [0.25, 0.3) is 0 Å². The molecule has 0 aliphatic carbocycles. The zero-order valence-corrected chi connectivity index (χ0v) is 11.6. The molecule has 3 heteroatoms. The van der Waals surface area contributed by atoms with Gasteiger partial charge in [-0.2, -0.15) is 0 Å². The first-order valence-electron chi connectivity index (χ1n) is 5.07. The van der Waals surface area contributed by atoms with Gasteiger partial charge in [0.05, 0.1) is 0 Å². The monoisotopic (exact) mass is 296 g/mol. The highest BCUT2D eigenvalue weighted by molar-refractivity contribution is 9.10. The molecule has 0 aliphatic rings. The Kier molecular flexibility index (Phi) is 3.47. The Balaban J connectivity index is 2.42. The lowest BCUT2D eigenvalue weighted by atomic mass is 10.0. The van der Waals surface area contributed by atoms with Gasteiger partial charge in [-0.15, -0.1) is 11.3 Å². The summed E-state index contributed by atoms with van der Waals surface area (Å²) in [6.07, 6.45) is -0.509. The molecule has 84 valence electrons. The van der Waals surface area contributed by atoms with Crippen molar-refractivity contribution in [2.24, 2.45) is 0 Å². The molecule has 0 bridgehead atoms. The van der Waals surface area contributed by atoms with Crippen LogP contribution in [-0.2, 0) is 0 Å². The first-order chi connectivity index (χ1) is 7.59. The lowest BCUT2D eigenvalue weighted by Gasteiger charge is -2.12. The Bertz CT molecular complexity index is 468. The summed E-state index contributed by atoms with van der Waals surface area (Å²) in [7, 11) is 0. The molecule has 0 spiro atoms. The second-order valence-electron chi connectivity index (χ2n) is 3.89. The van der Waals surface area contributed by atoms with E-state index in [0.29, 0.717) is 0 Å². The fourth-order valence-corrected chi connectivity index (χ4v) is 2.71. The Morgan fingerprint density at radius 3 is 2.38 bits per heavy atom. The van der Waals surface area contributed by atoms with Crippen LogP contribution in [0.3, 0.4) is 0 Å². The molecule has 1 aromatic heterocycles. The zero-order chi connectivity index (χ0) is 11.7. The second-order valence-corrected chi connectivity index (χ2v) is 5.66. The van der Waals surface area contributed by atoms with Crippen LogP contribution in [0.15, 0.2) is 34.1 Å². The summed E-state index contributed by atoms with van der Waals surface area (Å²) in [5.41, 5.74) is 3.27. The third kappa shape index (κ3) is 2.21. The van der Waals surface area contributed by atoms with Gasteiger partial charge in [-0.05, 0) is 42.0 Å². The van der Waals surface area contributed by atoms with Gasteiger partial charge in [-0.1, -0.05) is 34.1 Å². The Morgan fingerprint density at radius 1 is 1.25 bits per heavy atom. The van der Waals surface area contributed by atoms with Crippen LogP contribution in [0.1, 0.15) is 27.7 Å². The molecule has 0 aliphatic heterocycles. The number of thiophene rings is 1. The van der Waals surface area contributed by atoms with E-state index in [4.69, 9.17) is 0 Å². The minimum atomic E-state index is -0.509. The van der Waals surface area contributed by atoms with Gasteiger partial charge in [-0.3, -0.25) is 0 Å². The van der Waals surface area contributed by atoms with Gasteiger partial charge in [0, 0.05) is 9.35 Å². The van der Waals surface area contributed by atoms with Crippen molar-refractivity contribution in [1.29, 1.82) is 0 Å². The summed E-state index contributed by atoms with van der Waals surface area (Å²) < 4.78 is 1.12. The van der Waals surface area contributed by atoms with E-state index in [0.717, 1.165) is 26.0 Å². The highest BCUT2D eigenvalue weighted by Gasteiger charge is 2.13. The molecule has 1 atom stereocenters. The average molecular weight is 297 g/mol. The lowest BCUT2D eigenvalue weighted by molar-refractivity contribution is 0.224. The van der Waals surface area contributed by atoms with Crippen molar-refractivity contribution >= 4 is 27.3 Å². The van der Waals surface area contributed by atoms with Crippen LogP contribution >= 0.6 is 27.3 Å². The van der Waals surface area contributed by atoms with Crippen LogP contribution in [0.4, 0.5) is 0 Å². The molecule has 16 heavy (non-hydrogen) atoms. The van der Waals surface area contributed by atoms with Gasteiger partial charge >= 0.3 is 0 Å². The maximum Gasteiger partial charge on any atom is 0.113 e. The third-order valence-corrected chi connectivity index (χ3v) is 4.76. The topological polar surface area (TPSA) is 20.2 Å². The fraction of sp³-hybridized carbons (Fsp3) is 0.231. The van der Waals surface area contributed by atoms with Crippen LogP contribution in [0, 0.1) is 13.8 Å². The molecule has 0 radical (unpaired) electrons. The molecule has 1 N–H and O–H groups in total. The summed E-state index contributed by atoms with van der Waals surface area (Å²) >= 11 is 5.11. The van der Waals surface area contributed by atoms with E-state index >= 15 is 0 Å². The second kappa shape index (κ2) is 4.70. The van der Waals surface area contributed by atoms with Crippen molar-refractivity contribution in [2.45, 2.75) is 20.0 Å². The molecule has 0 saturated heterocycles. The number of hydrogen-bond donors (Lipinski definition) is 1. The quantitative estimate of drug-likeness (QED) is 0.880. The summed E-state index contributed by atoms with van der Waals surface area (Å²) in [6, 6.07) is 7.98. The van der Waals surface area contributed by atoms with Crippen LogP contribution in [-0.4, -0.2) is 5.11 Å². The molecule has 0 amide bonds. The first kappa shape index (κ1) is 11.8. The number of aliphatic hydroxyl groups is 1. The third-order valence-electron chi connectivity index (χ3n) is 2.59. The van der Waals surface area contributed by atoms with E-state index in [1.807, 2.05) is 43.5 Å². The summed E-state index contributed by atoms with van der Waals surface area (Å²) in [6.45, 7) is 4.09. The van der Waals surface area contributed by atoms with Gasteiger partial charge in [0.25, 0.3) is 0 Å². The maximum atomic E-state index is 10.2. The van der Waals surface area contributed by atoms with Crippen molar-refractivity contribution < 1.29 is 5.11 Å². The summed E-state index contributed by atoms with van der Waals surface area (Å²) in [5, 5.41) is 12.2. The van der Waals surface area contributed by atoms with E-state index in [1.54, 1.807) is 11.3 Å². The standard InChI is InChI=1S/C13H13BrOS/c1-8-6-10(7-9(2)12(8)14)13(15)11-4-3-5-16-11/h3-7,13,15H,1-2H3. The summed E-state index contributed by atoms with van der Waals surface area (Å²) in [5.74, 6) is 0. The van der Waals surface area contributed by atoms with Crippen molar-refractivity contribution in [2.75, 3.05) is 0 Å². The molecule has 1 nitrogen and oxygen atoms in total. The van der Waals surface area contributed by atoms with Crippen LogP contribution in [0.2, 0.25) is 0 Å². The van der Waals surface area contributed by atoms with Crippen molar-refractivity contribution in [1.82, 2.24) is 0 Å². The highest BCUT2D eigenvalue weighted by atomic mass is 79.9. The largest absolute Gasteiger partial charge is 0.383 e. The van der Waals surface area contributed by atoms with E-state index in [1.165, 1.54) is 0 Å². The normalized spacial score (nSPS) is 12.8. The molecule has 1 unspecified atom stereocenters. The van der Waals surface area contributed by atoms with E-state index in [2.05, 4.69) is 15.9 Å². The predicted octanol–water partition coefficient (Wildman–Crippen LogP) is 4.21. The molecule has 0 saturated carbocycles. The van der Waals surface area contributed by atoms with Gasteiger partial charge < -0.3 is 5.11 Å². The number of halogens is 1. The average Bonchev–Trinajstić information content (AvgIpc) is 2.77. The van der Waals surface area contributed by atoms with E-state index in [9.17, 15) is 5.11 Å². The Morgan fingerprint density at radius 2 is 1.88 bits per heavy atom. The number of aliphatic hydroxyl groups excluding tert-OH is 1. The highest BCUT2D eigenvalue weighted by Crippen LogP contribution is 2.30. The van der Waals surface area contributed by atoms with Crippen LogP contribution < -0.4 is 0 Å². The molecule has 2 aromatic rings. The molecule has 0 fully saturated rings. The predicted molar refractivity (Wildman–Crippen MR) is 72.0 cm³/mol. The number of aryl methyl sites for hydroxylation is 2. The number of hydrogen-bond acceptors (Lipinski definition) is 2. The minimum absolute atomic E-state index is 0.509. The maximum absolute atomic E-state index is 10.2. The van der Waals surface area contributed by atoms with Gasteiger partial charge in [0.1, 0.15) is 6.10 Å². The van der Waals surface area contributed by atoms with Crippen LogP contribution in [0.5, 0.6) is 0 Å². The van der Waals surface area contributed by atoms with Crippen molar-refractivity contribution in [3.63, 3.8) is 0 Å². The number of benzene rings is 1. The number of rotatable bonds is 2. The molecular formula is C13H13BrOS. The Labute approximate surface area is 108 Å². The SMILES string of the molecule is Cc1cc(C(O)c2cccs2)cc(C)c1Br. The zero-order valence-electron chi connectivity index (χ0n) is 9.20. The minimum Gasteiger partial charge on any atom is -0.383 e. The smallest absolute Gasteiger partial charge is 0.113 e. The molecule has 2 rings (SSSR count). The molecule has 1 aromatic carbocycles. The van der Waals surface area contributed by atoms with E-state index in [-0.39, 0.29) is 0 Å².